The van der Waals surface area contributed by atoms with Crippen molar-refractivity contribution in [2.45, 2.75) is 12.0 Å². The molecule has 2 aromatic heterocycles. The fraction of sp³-hybridized carbons (Fsp3) is 0.211. The molecule has 2 N–H and O–H groups in total. The summed E-state index contributed by atoms with van der Waals surface area (Å²) in [5.41, 5.74) is 0.526. The van der Waals surface area contributed by atoms with Crippen LogP contribution in [0.1, 0.15) is 22.8 Å². The molecule has 4 rings (SSSR count). The second-order valence-electron chi connectivity index (χ2n) is 6.56. The summed E-state index contributed by atoms with van der Waals surface area (Å²) in [5, 5.41) is 23.7. The van der Waals surface area contributed by atoms with Gasteiger partial charge in [0.05, 0.1) is 5.69 Å². The first kappa shape index (κ1) is 17.8. The van der Waals surface area contributed by atoms with Crippen molar-refractivity contribution in [3.05, 3.63) is 54.2 Å². The van der Waals surface area contributed by atoms with E-state index in [0.717, 1.165) is 0 Å². The Morgan fingerprint density at radius 3 is 2.64 bits per heavy atom. The zero-order chi connectivity index (χ0) is 19.9. The number of carboxylic acid groups (broad SMARTS) is 1. The third-order valence-corrected chi connectivity index (χ3v) is 4.73. The van der Waals surface area contributed by atoms with Gasteiger partial charge in [0.1, 0.15) is 5.69 Å². The number of hydrogen-bond acceptors (Lipinski definition) is 7. The summed E-state index contributed by atoms with van der Waals surface area (Å²) in [4.78, 5) is 32.5. The number of nitrogens with zero attached hydrogens (tertiary/aromatic N) is 4. The van der Waals surface area contributed by atoms with Gasteiger partial charge in [-0.3, -0.25) is 4.79 Å². The fourth-order valence-electron chi connectivity index (χ4n) is 3.15. The predicted molar refractivity (Wildman–Crippen MR) is 96.1 cm³/mol. The Morgan fingerprint density at radius 1 is 1.21 bits per heavy atom. The van der Waals surface area contributed by atoms with Crippen LogP contribution in [0.5, 0.6) is 0 Å². The van der Waals surface area contributed by atoms with Crippen LogP contribution in [0.3, 0.4) is 0 Å². The highest BCUT2D eigenvalue weighted by Crippen LogP contribution is 2.35. The summed E-state index contributed by atoms with van der Waals surface area (Å²) in [6, 6.07) is 10.2. The molecule has 1 aliphatic heterocycles. The highest BCUT2D eigenvalue weighted by Gasteiger charge is 2.48. The van der Waals surface area contributed by atoms with Crippen LogP contribution in [-0.4, -0.2) is 55.7 Å². The van der Waals surface area contributed by atoms with Crippen LogP contribution in [-0.2, 0) is 10.4 Å². The van der Waals surface area contributed by atoms with Crippen molar-refractivity contribution >= 4 is 11.9 Å². The Bertz CT molecular complexity index is 1080. The van der Waals surface area contributed by atoms with Crippen molar-refractivity contribution in [3.63, 3.8) is 0 Å². The average Bonchev–Trinajstić information content (AvgIpc) is 3.31. The van der Waals surface area contributed by atoms with Crippen LogP contribution in [0.4, 0.5) is 0 Å². The van der Waals surface area contributed by atoms with E-state index in [9.17, 15) is 14.7 Å². The van der Waals surface area contributed by atoms with Gasteiger partial charge >= 0.3 is 5.97 Å². The summed E-state index contributed by atoms with van der Waals surface area (Å²) < 4.78 is 5.27. The number of carbonyl (C=O) groups is 2. The fourth-order valence-corrected chi connectivity index (χ4v) is 3.15. The zero-order valence-electron chi connectivity index (χ0n) is 14.9. The minimum Gasteiger partial charge on any atom is -0.475 e. The molecule has 1 fully saturated rings. The van der Waals surface area contributed by atoms with Crippen molar-refractivity contribution in [2.75, 3.05) is 13.6 Å². The average molecular weight is 380 g/mol. The van der Waals surface area contributed by atoms with E-state index in [0.29, 0.717) is 29.1 Å². The lowest BCUT2D eigenvalue weighted by Crippen LogP contribution is -2.35. The minimum absolute atomic E-state index is 0.0949. The number of hydrogen-bond donors (Lipinski definition) is 2. The standard InChI is InChI=1S/C19H16N4O5/c1-23-8-6-19(27,18(23)26)15-10-14(22-28-15)12-4-2-3-11(9-12)13-5-7-20-16(21-13)17(24)25/h2-5,7,9-10,27H,6,8H2,1H3,(H,24,25). The zero-order valence-corrected chi connectivity index (χ0v) is 14.9. The van der Waals surface area contributed by atoms with Gasteiger partial charge in [-0.1, -0.05) is 23.4 Å². The number of likely N-dealkylation sites (N-methyl/N-ethyl adjacent to an activating group) is 1. The molecule has 3 heterocycles. The third kappa shape index (κ3) is 2.91. The smallest absolute Gasteiger partial charge is 0.373 e. The first-order valence-electron chi connectivity index (χ1n) is 8.51. The Hall–Kier alpha value is -3.59. The first-order chi connectivity index (χ1) is 13.4. The Morgan fingerprint density at radius 2 is 1.96 bits per heavy atom. The van der Waals surface area contributed by atoms with Crippen LogP contribution in [0.2, 0.25) is 0 Å². The molecular weight excluding hydrogens is 364 g/mol. The van der Waals surface area contributed by atoms with E-state index in [1.807, 2.05) is 0 Å². The van der Waals surface area contributed by atoms with Gasteiger partial charge in [0.25, 0.3) is 5.91 Å². The summed E-state index contributed by atoms with van der Waals surface area (Å²) in [7, 11) is 1.62. The number of carboxylic acids is 1. The summed E-state index contributed by atoms with van der Waals surface area (Å²) in [5.74, 6) is -1.83. The Balaban J connectivity index is 1.68. The SMILES string of the molecule is CN1CCC(O)(c2cc(-c3cccc(-c4ccnc(C(=O)O)n4)c3)no2)C1=O. The van der Waals surface area contributed by atoms with E-state index < -0.39 is 17.5 Å². The number of likely N-dealkylation sites (tertiary alicyclic amines) is 1. The Labute approximate surface area is 159 Å². The van der Waals surface area contributed by atoms with Crippen molar-refractivity contribution in [2.24, 2.45) is 0 Å². The first-order valence-corrected chi connectivity index (χ1v) is 8.51. The van der Waals surface area contributed by atoms with Crippen molar-refractivity contribution in [3.8, 4) is 22.5 Å². The molecule has 1 unspecified atom stereocenters. The maximum atomic E-state index is 12.2. The van der Waals surface area contributed by atoms with Gasteiger partial charge < -0.3 is 19.6 Å². The molecule has 1 amide bonds. The van der Waals surface area contributed by atoms with Gasteiger partial charge in [0.15, 0.2) is 5.76 Å². The molecule has 0 saturated carbocycles. The lowest BCUT2D eigenvalue weighted by atomic mass is 9.98. The lowest BCUT2D eigenvalue weighted by Gasteiger charge is -2.16. The molecular formula is C19H16N4O5. The van der Waals surface area contributed by atoms with Crippen LogP contribution in [0.25, 0.3) is 22.5 Å². The minimum atomic E-state index is -1.71. The highest BCUT2D eigenvalue weighted by molar-refractivity contribution is 5.88. The largest absolute Gasteiger partial charge is 0.475 e. The molecule has 0 bridgehead atoms. The third-order valence-electron chi connectivity index (χ3n) is 4.73. The molecule has 1 atom stereocenters. The van der Waals surface area contributed by atoms with Gasteiger partial charge in [0.2, 0.25) is 11.4 Å². The molecule has 1 aliphatic rings. The van der Waals surface area contributed by atoms with E-state index in [4.69, 9.17) is 9.63 Å². The molecule has 142 valence electrons. The number of aromatic nitrogens is 3. The number of carbonyl (C=O) groups excluding carboxylic acids is 1. The molecule has 1 saturated heterocycles. The monoisotopic (exact) mass is 380 g/mol. The van der Waals surface area contributed by atoms with Crippen molar-refractivity contribution in [1.29, 1.82) is 0 Å². The highest BCUT2D eigenvalue weighted by atomic mass is 16.5. The maximum Gasteiger partial charge on any atom is 0.373 e. The molecule has 9 nitrogen and oxygen atoms in total. The van der Waals surface area contributed by atoms with Gasteiger partial charge in [-0.15, -0.1) is 0 Å². The van der Waals surface area contributed by atoms with Gasteiger partial charge in [0, 0.05) is 43.4 Å². The number of aromatic carboxylic acids is 1. The van der Waals surface area contributed by atoms with Gasteiger partial charge in [-0.2, -0.15) is 0 Å². The Kier molecular flexibility index (Phi) is 4.16. The number of amides is 1. The topological polar surface area (TPSA) is 130 Å². The van der Waals surface area contributed by atoms with Gasteiger partial charge in [-0.05, 0) is 12.1 Å². The quantitative estimate of drug-likeness (QED) is 0.697. The van der Waals surface area contributed by atoms with E-state index in [1.165, 1.54) is 11.1 Å². The molecule has 0 aliphatic carbocycles. The summed E-state index contributed by atoms with van der Waals surface area (Å²) in [6.07, 6.45) is 1.61. The molecule has 3 aromatic rings. The molecule has 0 radical (unpaired) electrons. The van der Waals surface area contributed by atoms with Crippen LogP contribution in [0.15, 0.2) is 47.1 Å². The molecule has 9 heteroatoms. The summed E-state index contributed by atoms with van der Waals surface area (Å²) >= 11 is 0. The van der Waals surface area contributed by atoms with Crippen LogP contribution < -0.4 is 0 Å². The normalized spacial score (nSPS) is 19.2. The molecule has 0 spiro atoms. The van der Waals surface area contributed by atoms with E-state index in [1.54, 1.807) is 43.4 Å². The van der Waals surface area contributed by atoms with Gasteiger partial charge in [-0.25, -0.2) is 14.8 Å². The molecule has 1 aromatic carbocycles. The lowest BCUT2D eigenvalue weighted by molar-refractivity contribution is -0.144. The predicted octanol–water partition coefficient (Wildman–Crippen LogP) is 1.55. The number of benzene rings is 1. The van der Waals surface area contributed by atoms with Crippen LogP contribution in [0, 0.1) is 0 Å². The number of rotatable bonds is 4. The van der Waals surface area contributed by atoms with Crippen molar-refractivity contribution in [1.82, 2.24) is 20.0 Å². The number of aliphatic hydroxyl groups is 1. The van der Waals surface area contributed by atoms with Crippen LogP contribution >= 0.6 is 0 Å². The van der Waals surface area contributed by atoms with E-state index in [-0.39, 0.29) is 18.0 Å². The van der Waals surface area contributed by atoms with E-state index in [2.05, 4.69) is 15.1 Å². The van der Waals surface area contributed by atoms with E-state index >= 15 is 0 Å². The van der Waals surface area contributed by atoms with Crippen molar-refractivity contribution < 1.29 is 24.3 Å². The maximum absolute atomic E-state index is 12.2. The summed E-state index contributed by atoms with van der Waals surface area (Å²) in [6.45, 7) is 0.431. The second-order valence-corrected chi connectivity index (χ2v) is 6.56. The molecule has 28 heavy (non-hydrogen) atoms. The second kappa shape index (κ2) is 6.54.